The van der Waals surface area contributed by atoms with Crippen LogP contribution in [0.2, 0.25) is 5.02 Å². The highest BCUT2D eigenvalue weighted by atomic mass is 35.5. The van der Waals surface area contributed by atoms with E-state index in [9.17, 15) is 23.3 Å². The van der Waals surface area contributed by atoms with E-state index in [1.165, 1.54) is 25.3 Å². The molecule has 1 heterocycles. The first-order valence-corrected chi connectivity index (χ1v) is 12.0. The molecule has 9 nitrogen and oxygen atoms in total. The molecule has 1 saturated heterocycles. The van der Waals surface area contributed by atoms with Gasteiger partial charge < -0.3 is 14.8 Å². The molecular weight excluding hydrogens is 458 g/mol. The van der Waals surface area contributed by atoms with E-state index in [2.05, 4.69) is 11.4 Å². The third kappa shape index (κ3) is 4.94. The summed E-state index contributed by atoms with van der Waals surface area (Å²) in [4.78, 5) is 26.8. The molecule has 1 aromatic rings. The van der Waals surface area contributed by atoms with E-state index in [0.717, 1.165) is 4.90 Å². The fourth-order valence-electron chi connectivity index (χ4n) is 3.52. The Morgan fingerprint density at radius 1 is 1.31 bits per heavy atom. The average Bonchev–Trinajstić information content (AvgIpc) is 3.31. The summed E-state index contributed by atoms with van der Waals surface area (Å²) in [6.45, 7) is 4.79. The predicted molar refractivity (Wildman–Crippen MR) is 116 cm³/mol. The molecule has 0 unspecified atom stereocenters. The van der Waals surface area contributed by atoms with Crippen LogP contribution >= 0.6 is 11.6 Å². The smallest absolute Gasteiger partial charge is 0.411 e. The number of rotatable bonds is 5. The third-order valence-electron chi connectivity index (χ3n) is 5.40. The molecule has 32 heavy (non-hydrogen) atoms. The minimum absolute atomic E-state index is 0.0116. The van der Waals surface area contributed by atoms with Crippen molar-refractivity contribution in [2.24, 2.45) is 0 Å². The van der Waals surface area contributed by atoms with Crippen LogP contribution in [-0.2, 0) is 19.4 Å². The van der Waals surface area contributed by atoms with Crippen molar-refractivity contribution in [2.75, 3.05) is 13.7 Å². The van der Waals surface area contributed by atoms with Crippen LogP contribution < -0.4 is 10.1 Å². The molecule has 11 heteroatoms. The van der Waals surface area contributed by atoms with Gasteiger partial charge in [0.2, 0.25) is 5.91 Å². The summed E-state index contributed by atoms with van der Waals surface area (Å²) >= 11 is 6.19. The first-order chi connectivity index (χ1) is 14.8. The zero-order chi connectivity index (χ0) is 23.9. The molecular formula is C21H26ClN3O6S. The predicted octanol–water partition coefficient (Wildman–Crippen LogP) is 2.67. The van der Waals surface area contributed by atoms with Crippen molar-refractivity contribution >= 4 is 33.4 Å². The molecule has 3 rings (SSSR count). The average molecular weight is 484 g/mol. The van der Waals surface area contributed by atoms with Crippen molar-refractivity contribution in [1.82, 2.24) is 10.2 Å². The van der Waals surface area contributed by atoms with Gasteiger partial charge >= 0.3 is 6.09 Å². The fourth-order valence-corrected chi connectivity index (χ4v) is 5.75. The summed E-state index contributed by atoms with van der Waals surface area (Å²) in [5, 5.41) is 10.9. The number of sulfone groups is 1. The van der Waals surface area contributed by atoms with Crippen molar-refractivity contribution in [3.63, 3.8) is 0 Å². The molecule has 1 aromatic carbocycles. The van der Waals surface area contributed by atoms with Gasteiger partial charge in [-0.3, -0.25) is 9.69 Å². The Morgan fingerprint density at radius 3 is 2.47 bits per heavy atom. The van der Waals surface area contributed by atoms with Gasteiger partial charge in [-0.05, 0) is 52.2 Å². The number of benzene rings is 1. The van der Waals surface area contributed by atoms with Crippen LogP contribution in [0, 0.1) is 11.3 Å². The zero-order valence-corrected chi connectivity index (χ0v) is 19.9. The second-order valence-corrected chi connectivity index (χ2v) is 11.6. The van der Waals surface area contributed by atoms with E-state index >= 15 is 0 Å². The molecule has 1 saturated carbocycles. The Bertz CT molecular complexity index is 1070. The summed E-state index contributed by atoms with van der Waals surface area (Å²) in [7, 11) is -2.55. The topological polar surface area (TPSA) is 126 Å². The van der Waals surface area contributed by atoms with Gasteiger partial charge in [-0.25, -0.2) is 13.2 Å². The molecule has 2 atom stereocenters. The van der Waals surface area contributed by atoms with E-state index < -0.39 is 44.3 Å². The van der Waals surface area contributed by atoms with Gasteiger partial charge in [0.05, 0.1) is 28.3 Å². The van der Waals surface area contributed by atoms with Crippen molar-refractivity contribution < 1.29 is 27.5 Å². The third-order valence-corrected chi connectivity index (χ3v) is 8.02. The van der Waals surface area contributed by atoms with E-state index in [1.807, 2.05) is 0 Å². The minimum Gasteiger partial charge on any atom is -0.497 e. The Balaban J connectivity index is 1.90. The number of halogens is 1. The summed E-state index contributed by atoms with van der Waals surface area (Å²) in [6, 6.07) is 5.19. The number of methoxy groups -OCH3 is 1. The summed E-state index contributed by atoms with van der Waals surface area (Å²) in [5.74, 6) is -0.173. The standard InChI is InChI=1S/C21H26ClN3O6S/c1-20(2,3)31-19(27)25-11-14(10-16(25)18(26)24-21(12-23)7-8-21)32(28,29)17-6-5-13(30-4)9-15(17)22/h5-6,9,14,16H,7-8,10-11H2,1-4H3,(H,24,26)/t14-,16+/m1/s1. The Morgan fingerprint density at radius 2 is 1.97 bits per heavy atom. The Kier molecular flexibility index (Phi) is 6.37. The lowest BCUT2D eigenvalue weighted by Crippen LogP contribution is -2.50. The number of likely N-dealkylation sites (tertiary alicyclic amines) is 1. The molecule has 0 aromatic heterocycles. The Labute approximate surface area is 192 Å². The molecule has 2 aliphatic rings. The number of carbonyl (C=O) groups is 2. The van der Waals surface area contributed by atoms with E-state index in [-0.39, 0.29) is 22.9 Å². The number of nitrogens with one attached hydrogen (secondary N) is 1. The number of amides is 2. The van der Waals surface area contributed by atoms with Crippen LogP contribution in [0.4, 0.5) is 4.79 Å². The molecule has 2 amide bonds. The summed E-state index contributed by atoms with van der Waals surface area (Å²) in [5.41, 5.74) is -1.79. The van der Waals surface area contributed by atoms with Crippen molar-refractivity contribution in [3.8, 4) is 11.8 Å². The first-order valence-electron chi connectivity index (χ1n) is 10.1. The monoisotopic (exact) mass is 483 g/mol. The molecule has 1 aliphatic carbocycles. The quantitative estimate of drug-likeness (QED) is 0.682. The molecule has 0 spiro atoms. The van der Waals surface area contributed by atoms with Crippen LogP contribution in [0.1, 0.15) is 40.0 Å². The first kappa shape index (κ1) is 24.1. The van der Waals surface area contributed by atoms with Crippen LogP contribution in [0.5, 0.6) is 5.75 Å². The zero-order valence-electron chi connectivity index (χ0n) is 18.3. The largest absolute Gasteiger partial charge is 0.497 e. The summed E-state index contributed by atoms with van der Waals surface area (Å²) < 4.78 is 37.2. The maximum atomic E-state index is 13.3. The molecule has 2 fully saturated rings. The van der Waals surface area contributed by atoms with Crippen molar-refractivity contribution in [1.29, 1.82) is 5.26 Å². The number of nitrogens with zero attached hydrogens (tertiary/aromatic N) is 2. The molecule has 0 radical (unpaired) electrons. The van der Waals surface area contributed by atoms with Crippen LogP contribution in [0.25, 0.3) is 0 Å². The van der Waals surface area contributed by atoms with E-state index in [1.54, 1.807) is 20.8 Å². The van der Waals surface area contributed by atoms with Crippen LogP contribution in [-0.4, -0.2) is 61.4 Å². The molecule has 1 aliphatic heterocycles. The summed E-state index contributed by atoms with van der Waals surface area (Å²) in [6.07, 6.45) is 0.0879. The highest BCUT2D eigenvalue weighted by Gasteiger charge is 2.51. The van der Waals surface area contributed by atoms with Gasteiger partial charge in [0.25, 0.3) is 0 Å². The second kappa shape index (κ2) is 8.45. The highest BCUT2D eigenvalue weighted by molar-refractivity contribution is 7.92. The van der Waals surface area contributed by atoms with Gasteiger partial charge in [0.15, 0.2) is 9.84 Å². The van der Waals surface area contributed by atoms with Gasteiger partial charge in [-0.15, -0.1) is 0 Å². The van der Waals surface area contributed by atoms with Crippen LogP contribution in [0.15, 0.2) is 23.1 Å². The van der Waals surface area contributed by atoms with E-state index in [4.69, 9.17) is 21.1 Å². The maximum absolute atomic E-state index is 13.3. The van der Waals surface area contributed by atoms with Crippen LogP contribution in [0.3, 0.4) is 0 Å². The normalized spacial score (nSPS) is 22.1. The lowest BCUT2D eigenvalue weighted by Gasteiger charge is -2.28. The highest BCUT2D eigenvalue weighted by Crippen LogP contribution is 2.37. The van der Waals surface area contributed by atoms with E-state index in [0.29, 0.717) is 18.6 Å². The number of ether oxygens (including phenoxy) is 2. The molecule has 174 valence electrons. The second-order valence-electron chi connectivity index (χ2n) is 9.03. The van der Waals surface area contributed by atoms with Gasteiger partial charge in [0.1, 0.15) is 22.9 Å². The molecule has 0 bridgehead atoms. The van der Waals surface area contributed by atoms with Gasteiger partial charge in [0, 0.05) is 12.6 Å². The number of carbonyl (C=O) groups excluding carboxylic acids is 2. The number of hydrogen-bond donors (Lipinski definition) is 1. The lowest BCUT2D eigenvalue weighted by molar-refractivity contribution is -0.126. The number of nitriles is 1. The minimum atomic E-state index is -3.99. The molecule has 1 N–H and O–H groups in total. The van der Waals surface area contributed by atoms with Crippen molar-refractivity contribution in [2.45, 2.75) is 67.4 Å². The Hall–Kier alpha value is -2.51. The number of hydrogen-bond acceptors (Lipinski definition) is 7. The van der Waals surface area contributed by atoms with Gasteiger partial charge in [-0.2, -0.15) is 5.26 Å². The maximum Gasteiger partial charge on any atom is 0.411 e. The van der Waals surface area contributed by atoms with Gasteiger partial charge in [-0.1, -0.05) is 11.6 Å². The van der Waals surface area contributed by atoms with Crippen molar-refractivity contribution in [3.05, 3.63) is 23.2 Å². The SMILES string of the molecule is COc1ccc(S(=O)(=O)[C@@H]2C[C@@H](C(=O)NC3(C#N)CC3)N(C(=O)OC(C)(C)C)C2)c(Cl)c1. The fraction of sp³-hybridized carbons (Fsp3) is 0.571. The lowest BCUT2D eigenvalue weighted by atomic mass is 10.2.